The van der Waals surface area contributed by atoms with E-state index in [9.17, 15) is 4.79 Å². The van der Waals surface area contributed by atoms with Crippen LogP contribution in [0, 0.1) is 0 Å². The van der Waals surface area contributed by atoms with Crippen molar-refractivity contribution in [1.82, 2.24) is 25.2 Å². The average molecular weight is 296 g/mol. The van der Waals surface area contributed by atoms with Gasteiger partial charge in [0.15, 0.2) is 5.65 Å². The van der Waals surface area contributed by atoms with Crippen LogP contribution in [0.4, 0.5) is 0 Å². The van der Waals surface area contributed by atoms with Gasteiger partial charge < -0.3 is 0 Å². The van der Waals surface area contributed by atoms with Gasteiger partial charge in [-0.2, -0.15) is 5.10 Å². The number of nitrogens with zero attached hydrogens (tertiary/aromatic N) is 4. The molecule has 2 aromatic heterocycles. The van der Waals surface area contributed by atoms with Crippen LogP contribution in [0.25, 0.3) is 11.0 Å². The Bertz CT molecular complexity index is 810. The van der Waals surface area contributed by atoms with E-state index in [1.54, 1.807) is 22.9 Å². The monoisotopic (exact) mass is 295 g/mol. The van der Waals surface area contributed by atoms with Crippen molar-refractivity contribution >= 4 is 34.2 Å². The number of fused-ring (bicyclic) bond motifs is 1. The van der Waals surface area contributed by atoms with Crippen molar-refractivity contribution in [3.8, 4) is 0 Å². The zero-order chi connectivity index (χ0) is 13.4. The first-order valence-corrected chi connectivity index (χ1v) is 6.11. The standard InChI is InChI=1S/C11H7Cl2N5O/c12-7-2-1-6(9(13)3-7)5-18-10-8(4-14-18)11(19)16-17-15-10/h1-4H,5H2,(H,15,16,19). The third-order valence-corrected chi connectivity index (χ3v) is 3.27. The number of rotatable bonds is 2. The van der Waals surface area contributed by atoms with Gasteiger partial charge in [0.1, 0.15) is 5.39 Å². The van der Waals surface area contributed by atoms with Gasteiger partial charge in [-0.3, -0.25) is 4.79 Å². The SMILES string of the molecule is O=c1[nH]nnc2c1cnn2Cc1ccc(Cl)cc1Cl. The molecule has 0 atom stereocenters. The lowest BCUT2D eigenvalue weighted by Crippen LogP contribution is -2.11. The van der Waals surface area contributed by atoms with E-state index in [-0.39, 0.29) is 5.56 Å². The van der Waals surface area contributed by atoms with E-state index in [4.69, 9.17) is 23.2 Å². The summed E-state index contributed by atoms with van der Waals surface area (Å²) in [7, 11) is 0. The molecule has 8 heteroatoms. The second-order valence-corrected chi connectivity index (χ2v) is 4.76. The van der Waals surface area contributed by atoms with Crippen molar-refractivity contribution in [2.24, 2.45) is 0 Å². The number of benzene rings is 1. The highest BCUT2D eigenvalue weighted by Gasteiger charge is 2.10. The Morgan fingerprint density at radius 1 is 1.32 bits per heavy atom. The Morgan fingerprint density at radius 2 is 2.16 bits per heavy atom. The molecule has 0 aliphatic rings. The molecule has 1 aromatic carbocycles. The van der Waals surface area contributed by atoms with Crippen molar-refractivity contribution in [3.05, 3.63) is 50.4 Å². The largest absolute Gasteiger partial charge is 0.278 e. The summed E-state index contributed by atoms with van der Waals surface area (Å²) in [5, 5.41) is 15.3. The fourth-order valence-electron chi connectivity index (χ4n) is 1.75. The normalized spacial score (nSPS) is 11.1. The first-order chi connectivity index (χ1) is 9.15. The molecule has 0 saturated heterocycles. The van der Waals surface area contributed by atoms with E-state index in [0.29, 0.717) is 27.6 Å². The predicted octanol–water partition coefficient (Wildman–Crippen LogP) is 1.87. The summed E-state index contributed by atoms with van der Waals surface area (Å²) in [5.74, 6) is 0. The molecule has 2 heterocycles. The Labute approximate surface area is 117 Å². The van der Waals surface area contributed by atoms with E-state index in [1.165, 1.54) is 6.20 Å². The summed E-state index contributed by atoms with van der Waals surface area (Å²) in [6, 6.07) is 5.20. The van der Waals surface area contributed by atoms with Gasteiger partial charge in [-0.05, 0) is 17.7 Å². The molecule has 0 aliphatic carbocycles. The summed E-state index contributed by atoms with van der Waals surface area (Å²) in [5.41, 5.74) is 0.923. The van der Waals surface area contributed by atoms with Crippen LogP contribution >= 0.6 is 23.2 Å². The quantitative estimate of drug-likeness (QED) is 0.783. The Balaban J connectivity index is 2.06. The number of aromatic amines is 1. The van der Waals surface area contributed by atoms with Crippen LogP contribution in [0.2, 0.25) is 10.0 Å². The van der Waals surface area contributed by atoms with E-state index >= 15 is 0 Å². The second-order valence-electron chi connectivity index (χ2n) is 3.92. The molecule has 6 nitrogen and oxygen atoms in total. The summed E-state index contributed by atoms with van der Waals surface area (Å²) >= 11 is 11.9. The van der Waals surface area contributed by atoms with Crippen LogP contribution < -0.4 is 5.56 Å². The number of hydrogen-bond donors (Lipinski definition) is 1. The third kappa shape index (κ3) is 2.20. The first-order valence-electron chi connectivity index (χ1n) is 5.36. The molecule has 0 amide bonds. The Morgan fingerprint density at radius 3 is 2.95 bits per heavy atom. The zero-order valence-corrected chi connectivity index (χ0v) is 11.0. The molecule has 0 bridgehead atoms. The van der Waals surface area contributed by atoms with Gasteiger partial charge in [-0.25, -0.2) is 9.78 Å². The molecule has 96 valence electrons. The van der Waals surface area contributed by atoms with Crippen molar-refractivity contribution in [3.63, 3.8) is 0 Å². The number of nitrogens with one attached hydrogen (secondary N) is 1. The molecular formula is C11H7Cl2N5O. The fourth-order valence-corrected chi connectivity index (χ4v) is 2.22. The number of aromatic nitrogens is 5. The van der Waals surface area contributed by atoms with Crippen LogP contribution in [-0.2, 0) is 6.54 Å². The fraction of sp³-hybridized carbons (Fsp3) is 0.0909. The summed E-state index contributed by atoms with van der Waals surface area (Å²) in [6.07, 6.45) is 1.45. The molecule has 0 unspecified atom stereocenters. The van der Waals surface area contributed by atoms with Crippen molar-refractivity contribution in [1.29, 1.82) is 0 Å². The van der Waals surface area contributed by atoms with Gasteiger partial charge in [-0.15, -0.1) is 5.10 Å². The summed E-state index contributed by atoms with van der Waals surface area (Å²) < 4.78 is 1.56. The lowest BCUT2D eigenvalue weighted by molar-refractivity contribution is 0.693. The molecule has 1 N–H and O–H groups in total. The topological polar surface area (TPSA) is 76.5 Å². The van der Waals surface area contributed by atoms with Crippen LogP contribution in [0.15, 0.2) is 29.2 Å². The van der Waals surface area contributed by atoms with E-state index in [1.807, 2.05) is 0 Å². The summed E-state index contributed by atoms with van der Waals surface area (Å²) in [4.78, 5) is 11.5. The van der Waals surface area contributed by atoms with Crippen LogP contribution in [0.1, 0.15) is 5.56 Å². The van der Waals surface area contributed by atoms with Gasteiger partial charge in [0.2, 0.25) is 0 Å². The lowest BCUT2D eigenvalue weighted by atomic mass is 10.2. The van der Waals surface area contributed by atoms with Crippen molar-refractivity contribution in [2.75, 3.05) is 0 Å². The van der Waals surface area contributed by atoms with Gasteiger partial charge in [0.25, 0.3) is 5.56 Å². The highest BCUT2D eigenvalue weighted by molar-refractivity contribution is 6.35. The van der Waals surface area contributed by atoms with Crippen LogP contribution in [0.3, 0.4) is 0 Å². The van der Waals surface area contributed by atoms with Gasteiger partial charge in [0, 0.05) is 10.0 Å². The molecular weight excluding hydrogens is 289 g/mol. The molecule has 0 saturated carbocycles. The van der Waals surface area contributed by atoms with Gasteiger partial charge in [0.05, 0.1) is 12.7 Å². The maximum atomic E-state index is 11.5. The number of halogens is 2. The van der Waals surface area contributed by atoms with Crippen LogP contribution in [0.5, 0.6) is 0 Å². The molecule has 0 spiro atoms. The number of hydrogen-bond acceptors (Lipinski definition) is 4. The third-order valence-electron chi connectivity index (χ3n) is 2.69. The maximum Gasteiger partial charge on any atom is 0.278 e. The Hall–Kier alpha value is -1.92. The lowest BCUT2D eigenvalue weighted by Gasteiger charge is -2.05. The van der Waals surface area contributed by atoms with E-state index in [2.05, 4.69) is 20.5 Å². The van der Waals surface area contributed by atoms with Crippen LogP contribution in [-0.4, -0.2) is 25.2 Å². The first kappa shape index (κ1) is 12.1. The zero-order valence-electron chi connectivity index (χ0n) is 9.47. The molecule has 0 fully saturated rings. The molecule has 0 radical (unpaired) electrons. The van der Waals surface area contributed by atoms with Gasteiger partial charge in [-0.1, -0.05) is 34.5 Å². The summed E-state index contributed by atoms with van der Waals surface area (Å²) in [6.45, 7) is 0.387. The molecule has 3 aromatic rings. The molecule has 19 heavy (non-hydrogen) atoms. The maximum absolute atomic E-state index is 11.5. The molecule has 0 aliphatic heterocycles. The highest BCUT2D eigenvalue weighted by atomic mass is 35.5. The average Bonchev–Trinajstić information content (AvgIpc) is 2.78. The smallest absolute Gasteiger partial charge is 0.267 e. The number of H-pyrrole nitrogens is 1. The minimum absolute atomic E-state index is 0.321. The van der Waals surface area contributed by atoms with E-state index < -0.39 is 0 Å². The Kier molecular flexibility index (Phi) is 2.96. The van der Waals surface area contributed by atoms with Crippen molar-refractivity contribution in [2.45, 2.75) is 6.54 Å². The second kappa shape index (κ2) is 4.64. The molecule has 3 rings (SSSR count). The highest BCUT2D eigenvalue weighted by Crippen LogP contribution is 2.22. The van der Waals surface area contributed by atoms with E-state index in [0.717, 1.165) is 5.56 Å². The van der Waals surface area contributed by atoms with Gasteiger partial charge >= 0.3 is 0 Å². The minimum atomic E-state index is -0.321. The minimum Gasteiger partial charge on any atom is -0.267 e. The van der Waals surface area contributed by atoms with Crippen molar-refractivity contribution < 1.29 is 0 Å². The predicted molar refractivity (Wildman–Crippen MR) is 71.5 cm³/mol.